The van der Waals surface area contributed by atoms with Crippen LogP contribution in [-0.2, 0) is 6.54 Å². The van der Waals surface area contributed by atoms with E-state index in [4.69, 9.17) is 8.83 Å². The highest BCUT2D eigenvalue weighted by molar-refractivity contribution is 5.91. The molecule has 0 unspecified atom stereocenters. The molecular weight excluding hydrogens is 356 g/mol. The van der Waals surface area contributed by atoms with Gasteiger partial charge in [-0.2, -0.15) is 0 Å². The molecule has 0 N–H and O–H groups in total. The zero-order chi connectivity index (χ0) is 19.5. The first-order chi connectivity index (χ1) is 13.6. The Hall–Kier alpha value is -3.09. The van der Waals surface area contributed by atoms with Crippen molar-refractivity contribution in [3.8, 4) is 0 Å². The van der Waals surface area contributed by atoms with Gasteiger partial charge in [-0.3, -0.25) is 4.79 Å². The number of anilines is 1. The van der Waals surface area contributed by atoms with E-state index in [2.05, 4.69) is 14.9 Å². The summed E-state index contributed by atoms with van der Waals surface area (Å²) in [6.45, 7) is 5.99. The van der Waals surface area contributed by atoms with Crippen LogP contribution >= 0.6 is 0 Å². The summed E-state index contributed by atoms with van der Waals surface area (Å²) in [4.78, 5) is 26.2. The molecule has 1 amide bonds. The monoisotopic (exact) mass is 380 g/mol. The minimum absolute atomic E-state index is 0.102. The Morgan fingerprint density at radius 1 is 1.11 bits per heavy atom. The molecule has 0 spiro atoms. The molecule has 1 fully saturated rings. The fourth-order valence-corrected chi connectivity index (χ4v) is 3.71. The lowest BCUT2D eigenvalue weighted by molar-refractivity contribution is 0.0581. The number of carbonyl (C=O) groups is 1. The second-order valence-corrected chi connectivity index (χ2v) is 7.16. The summed E-state index contributed by atoms with van der Waals surface area (Å²) in [7, 11) is 0. The van der Waals surface area contributed by atoms with Crippen molar-refractivity contribution < 1.29 is 13.6 Å². The number of nitrogens with zero attached hydrogens (tertiary/aromatic N) is 4. The molecule has 4 rings (SSSR count). The third-order valence-corrected chi connectivity index (χ3v) is 5.06. The van der Waals surface area contributed by atoms with Gasteiger partial charge in [-0.1, -0.05) is 0 Å². The number of rotatable bonds is 5. The molecule has 0 bridgehead atoms. The maximum absolute atomic E-state index is 13.0. The lowest BCUT2D eigenvalue weighted by Gasteiger charge is -2.38. The summed E-state index contributed by atoms with van der Waals surface area (Å²) in [6.07, 6.45) is 4.83. The van der Waals surface area contributed by atoms with Crippen molar-refractivity contribution >= 4 is 11.9 Å². The van der Waals surface area contributed by atoms with Gasteiger partial charge in [0, 0.05) is 30.5 Å². The lowest BCUT2D eigenvalue weighted by atomic mass is 10.0. The molecule has 3 aromatic heterocycles. The molecule has 3 aromatic rings. The zero-order valence-electron chi connectivity index (χ0n) is 16.2. The predicted octanol–water partition coefficient (Wildman–Crippen LogP) is 3.59. The van der Waals surface area contributed by atoms with Gasteiger partial charge in [-0.25, -0.2) is 9.97 Å². The number of piperidine rings is 1. The van der Waals surface area contributed by atoms with E-state index in [1.165, 1.54) is 6.26 Å². The fourth-order valence-electron chi connectivity index (χ4n) is 3.71. The minimum atomic E-state index is -0.109. The summed E-state index contributed by atoms with van der Waals surface area (Å²) in [6, 6.07) is 9.24. The highest BCUT2D eigenvalue weighted by Gasteiger charge is 2.31. The average Bonchev–Trinajstić information content (AvgIpc) is 3.39. The first-order valence-corrected chi connectivity index (χ1v) is 9.54. The molecule has 28 heavy (non-hydrogen) atoms. The summed E-state index contributed by atoms with van der Waals surface area (Å²) in [5.41, 5.74) is 1.94. The van der Waals surface area contributed by atoms with Crippen LogP contribution in [0.5, 0.6) is 0 Å². The van der Waals surface area contributed by atoms with Gasteiger partial charge in [0.2, 0.25) is 5.95 Å². The molecule has 1 saturated heterocycles. The Labute approximate surface area is 164 Å². The van der Waals surface area contributed by atoms with Crippen molar-refractivity contribution in [2.75, 3.05) is 18.0 Å². The third-order valence-electron chi connectivity index (χ3n) is 5.06. The number of aryl methyl sites for hydroxylation is 2. The number of furan rings is 2. The second-order valence-electron chi connectivity index (χ2n) is 7.16. The SMILES string of the molecule is Cc1cc(C)nc(N2CCC(N(Cc3ccco3)C(=O)c3ccco3)CC2)n1. The van der Waals surface area contributed by atoms with Gasteiger partial charge in [-0.05, 0) is 57.0 Å². The van der Waals surface area contributed by atoms with Crippen LogP contribution in [0.4, 0.5) is 5.95 Å². The molecule has 0 saturated carbocycles. The van der Waals surface area contributed by atoms with Gasteiger partial charge in [0.1, 0.15) is 5.76 Å². The van der Waals surface area contributed by atoms with Crippen LogP contribution in [0.25, 0.3) is 0 Å². The standard InChI is InChI=1S/C21H24N4O3/c1-15-13-16(2)23-21(22-15)24-9-7-17(8-10-24)25(14-18-5-3-11-27-18)20(26)19-6-4-12-28-19/h3-6,11-13,17H,7-10,14H2,1-2H3. The molecule has 7 nitrogen and oxygen atoms in total. The number of hydrogen-bond donors (Lipinski definition) is 0. The van der Waals surface area contributed by atoms with Crippen LogP contribution in [0, 0.1) is 13.8 Å². The topological polar surface area (TPSA) is 75.6 Å². The van der Waals surface area contributed by atoms with Crippen LogP contribution in [0.1, 0.15) is 40.5 Å². The van der Waals surface area contributed by atoms with Crippen LogP contribution in [0.15, 0.2) is 51.7 Å². The molecule has 7 heteroatoms. The predicted molar refractivity (Wildman–Crippen MR) is 104 cm³/mol. The maximum atomic E-state index is 13.0. The van der Waals surface area contributed by atoms with Crippen molar-refractivity contribution in [2.24, 2.45) is 0 Å². The van der Waals surface area contributed by atoms with E-state index in [9.17, 15) is 4.79 Å². The van der Waals surface area contributed by atoms with E-state index in [0.29, 0.717) is 12.3 Å². The Morgan fingerprint density at radius 3 is 2.39 bits per heavy atom. The van der Waals surface area contributed by atoms with Crippen molar-refractivity contribution in [3.63, 3.8) is 0 Å². The number of aromatic nitrogens is 2. The number of carbonyl (C=O) groups excluding carboxylic acids is 1. The van der Waals surface area contributed by atoms with Crippen molar-refractivity contribution in [3.05, 3.63) is 65.8 Å². The molecule has 0 atom stereocenters. The van der Waals surface area contributed by atoms with E-state index in [1.54, 1.807) is 18.4 Å². The first-order valence-electron chi connectivity index (χ1n) is 9.54. The molecule has 0 radical (unpaired) electrons. The van der Waals surface area contributed by atoms with E-state index >= 15 is 0 Å². The lowest BCUT2D eigenvalue weighted by Crippen LogP contribution is -2.47. The first kappa shape index (κ1) is 18.3. The summed E-state index contributed by atoms with van der Waals surface area (Å²) >= 11 is 0. The number of amides is 1. The van der Waals surface area contributed by atoms with Crippen molar-refractivity contribution in [2.45, 2.75) is 39.3 Å². The van der Waals surface area contributed by atoms with Gasteiger partial charge in [0.25, 0.3) is 5.91 Å². The molecule has 1 aliphatic rings. The summed E-state index contributed by atoms with van der Waals surface area (Å²) < 4.78 is 10.8. The van der Waals surface area contributed by atoms with E-state index in [1.807, 2.05) is 36.9 Å². The fraction of sp³-hybridized carbons (Fsp3) is 0.381. The summed E-state index contributed by atoms with van der Waals surface area (Å²) in [5.74, 6) is 1.78. The molecule has 1 aliphatic heterocycles. The normalized spacial score (nSPS) is 15.0. The average molecular weight is 380 g/mol. The van der Waals surface area contributed by atoms with Crippen LogP contribution in [-0.4, -0.2) is 39.9 Å². The van der Waals surface area contributed by atoms with Gasteiger partial charge < -0.3 is 18.6 Å². The van der Waals surface area contributed by atoms with Gasteiger partial charge in [0.05, 0.1) is 19.1 Å². The van der Waals surface area contributed by atoms with Crippen molar-refractivity contribution in [1.29, 1.82) is 0 Å². The smallest absolute Gasteiger partial charge is 0.290 e. The van der Waals surface area contributed by atoms with Gasteiger partial charge >= 0.3 is 0 Å². The Balaban J connectivity index is 1.49. The van der Waals surface area contributed by atoms with Crippen LogP contribution in [0.2, 0.25) is 0 Å². The Kier molecular flexibility index (Phi) is 5.14. The molecular formula is C21H24N4O3. The van der Waals surface area contributed by atoms with E-state index in [-0.39, 0.29) is 11.9 Å². The minimum Gasteiger partial charge on any atom is -0.467 e. The summed E-state index contributed by atoms with van der Waals surface area (Å²) in [5, 5.41) is 0. The molecule has 146 valence electrons. The highest BCUT2D eigenvalue weighted by Crippen LogP contribution is 2.24. The van der Waals surface area contributed by atoms with Crippen molar-refractivity contribution in [1.82, 2.24) is 14.9 Å². The van der Waals surface area contributed by atoms with Crippen LogP contribution < -0.4 is 4.90 Å². The molecule has 4 heterocycles. The van der Waals surface area contributed by atoms with Gasteiger partial charge in [-0.15, -0.1) is 0 Å². The van der Waals surface area contributed by atoms with E-state index < -0.39 is 0 Å². The molecule has 0 aromatic carbocycles. The largest absolute Gasteiger partial charge is 0.467 e. The van der Waals surface area contributed by atoms with E-state index in [0.717, 1.165) is 49.0 Å². The number of hydrogen-bond acceptors (Lipinski definition) is 6. The highest BCUT2D eigenvalue weighted by atomic mass is 16.3. The van der Waals surface area contributed by atoms with Crippen LogP contribution in [0.3, 0.4) is 0 Å². The van der Waals surface area contributed by atoms with Gasteiger partial charge in [0.15, 0.2) is 5.76 Å². The molecule has 0 aliphatic carbocycles. The Morgan fingerprint density at radius 2 is 1.79 bits per heavy atom. The quantitative estimate of drug-likeness (QED) is 0.673. The second kappa shape index (κ2) is 7.88. The zero-order valence-corrected chi connectivity index (χ0v) is 16.2. The third kappa shape index (κ3) is 3.93. The maximum Gasteiger partial charge on any atom is 0.290 e. The Bertz CT molecular complexity index is 893.